The van der Waals surface area contributed by atoms with E-state index in [-0.39, 0.29) is 5.11 Å². The second-order valence-corrected chi connectivity index (χ2v) is 3.95. The molecule has 2 N–H and O–H groups in total. The summed E-state index contributed by atoms with van der Waals surface area (Å²) < 4.78 is 0. The molecule has 1 aromatic carbocycles. The average Bonchev–Trinajstić information content (AvgIpc) is 2.13. The summed E-state index contributed by atoms with van der Waals surface area (Å²) in [6, 6.07) is 7.89. The van der Waals surface area contributed by atoms with Crippen LogP contribution in [0.1, 0.15) is 19.4 Å². The van der Waals surface area contributed by atoms with Gasteiger partial charge in [-0.2, -0.15) is 5.10 Å². The molecule has 0 heterocycles. The molecule has 0 fully saturated rings. The maximum atomic E-state index is 5.62. The van der Waals surface area contributed by atoms with Gasteiger partial charge in [0.25, 0.3) is 0 Å². The molecule has 0 bridgehead atoms. The number of nitrogens with zero attached hydrogens (tertiary/aromatic N) is 2. The molecule has 0 saturated heterocycles. The van der Waals surface area contributed by atoms with Gasteiger partial charge in [-0.1, -0.05) is 12.1 Å². The lowest BCUT2D eigenvalue weighted by Crippen LogP contribution is -2.31. The van der Waals surface area contributed by atoms with E-state index in [0.717, 1.165) is 17.0 Å². The van der Waals surface area contributed by atoms with Crippen molar-refractivity contribution in [3.8, 4) is 0 Å². The quantitative estimate of drug-likeness (QED) is 0.474. The Kier molecular flexibility index (Phi) is 3.80. The van der Waals surface area contributed by atoms with E-state index >= 15 is 0 Å². The van der Waals surface area contributed by atoms with Gasteiger partial charge in [-0.3, -0.25) is 0 Å². The number of hydrogen-bond acceptors (Lipinski definition) is 2. The van der Waals surface area contributed by atoms with Crippen molar-refractivity contribution in [3.05, 3.63) is 29.8 Å². The first-order valence-corrected chi connectivity index (χ1v) is 5.09. The molecular formula is C11H15N3S. The van der Waals surface area contributed by atoms with Crippen molar-refractivity contribution in [2.45, 2.75) is 20.8 Å². The maximum Gasteiger partial charge on any atom is 0.191 e. The fourth-order valence-electron chi connectivity index (χ4n) is 1.19. The van der Waals surface area contributed by atoms with Gasteiger partial charge in [0.2, 0.25) is 0 Å². The Labute approximate surface area is 95.6 Å². The number of aryl methyl sites for hydroxylation is 1. The van der Waals surface area contributed by atoms with Crippen LogP contribution in [-0.2, 0) is 0 Å². The molecule has 1 aromatic rings. The van der Waals surface area contributed by atoms with Gasteiger partial charge in [-0.05, 0) is 50.7 Å². The van der Waals surface area contributed by atoms with Crippen molar-refractivity contribution in [2.75, 3.05) is 5.01 Å². The summed E-state index contributed by atoms with van der Waals surface area (Å²) in [5.74, 6) is 0. The van der Waals surface area contributed by atoms with Crippen LogP contribution >= 0.6 is 12.2 Å². The lowest BCUT2D eigenvalue weighted by Gasteiger charge is -2.17. The second-order valence-electron chi connectivity index (χ2n) is 3.54. The molecule has 3 nitrogen and oxygen atoms in total. The van der Waals surface area contributed by atoms with Crippen LogP contribution in [-0.4, -0.2) is 10.8 Å². The highest BCUT2D eigenvalue weighted by Crippen LogP contribution is 2.16. The molecular weight excluding hydrogens is 206 g/mol. The molecule has 80 valence electrons. The van der Waals surface area contributed by atoms with Crippen LogP contribution in [0.5, 0.6) is 0 Å². The highest BCUT2D eigenvalue weighted by atomic mass is 32.1. The Hall–Kier alpha value is -1.42. The standard InChI is InChI=1S/C11H15N3S/c1-8(2)13-14(11(12)15)10-6-4-5-9(3)7-10/h4-7H,1-3H3,(H2,12,15). The summed E-state index contributed by atoms with van der Waals surface area (Å²) in [4.78, 5) is 0. The van der Waals surface area contributed by atoms with Crippen LogP contribution in [0.3, 0.4) is 0 Å². The predicted octanol–water partition coefficient (Wildman–Crippen LogP) is 2.44. The van der Waals surface area contributed by atoms with Crippen LogP contribution in [0.2, 0.25) is 0 Å². The molecule has 0 saturated carbocycles. The van der Waals surface area contributed by atoms with Gasteiger partial charge in [-0.25, -0.2) is 5.01 Å². The smallest absolute Gasteiger partial charge is 0.191 e. The third kappa shape index (κ3) is 3.32. The average molecular weight is 221 g/mol. The van der Waals surface area contributed by atoms with Gasteiger partial charge in [0, 0.05) is 5.71 Å². The lowest BCUT2D eigenvalue weighted by atomic mass is 10.2. The summed E-state index contributed by atoms with van der Waals surface area (Å²) >= 11 is 4.96. The summed E-state index contributed by atoms with van der Waals surface area (Å²) in [5.41, 5.74) is 8.57. The minimum atomic E-state index is 0.252. The summed E-state index contributed by atoms with van der Waals surface area (Å²) in [5, 5.41) is 6.09. The van der Waals surface area contributed by atoms with E-state index in [2.05, 4.69) is 5.10 Å². The lowest BCUT2D eigenvalue weighted by molar-refractivity contribution is 1.12. The van der Waals surface area contributed by atoms with Crippen molar-refractivity contribution < 1.29 is 0 Å². The molecule has 0 aliphatic heterocycles. The summed E-state index contributed by atoms with van der Waals surface area (Å²) in [6.07, 6.45) is 0. The molecule has 0 atom stereocenters. The van der Waals surface area contributed by atoms with Crippen LogP contribution in [0, 0.1) is 6.92 Å². The number of hydrogen-bond donors (Lipinski definition) is 1. The molecule has 0 spiro atoms. The number of rotatable bonds is 2. The minimum absolute atomic E-state index is 0.252. The fraction of sp³-hybridized carbons (Fsp3) is 0.273. The van der Waals surface area contributed by atoms with E-state index in [1.807, 2.05) is 45.0 Å². The number of benzene rings is 1. The second kappa shape index (κ2) is 4.89. The summed E-state index contributed by atoms with van der Waals surface area (Å²) in [7, 11) is 0. The monoisotopic (exact) mass is 221 g/mol. The zero-order valence-electron chi connectivity index (χ0n) is 9.19. The zero-order chi connectivity index (χ0) is 11.4. The van der Waals surface area contributed by atoms with E-state index < -0.39 is 0 Å². The minimum Gasteiger partial charge on any atom is -0.374 e. The van der Waals surface area contributed by atoms with Gasteiger partial charge in [-0.15, -0.1) is 0 Å². The van der Waals surface area contributed by atoms with E-state index in [9.17, 15) is 0 Å². The van der Waals surface area contributed by atoms with E-state index in [0.29, 0.717) is 0 Å². The molecule has 15 heavy (non-hydrogen) atoms. The largest absolute Gasteiger partial charge is 0.374 e. The molecule has 0 aromatic heterocycles. The molecule has 0 aliphatic rings. The Morgan fingerprint density at radius 1 is 1.40 bits per heavy atom. The van der Waals surface area contributed by atoms with Crippen molar-refractivity contribution in [3.63, 3.8) is 0 Å². The highest BCUT2D eigenvalue weighted by Gasteiger charge is 2.07. The first-order chi connectivity index (χ1) is 7.00. The SMILES string of the molecule is CC(C)=NN(C(N)=S)c1cccc(C)c1. The third-order valence-electron chi connectivity index (χ3n) is 1.75. The first-order valence-electron chi connectivity index (χ1n) is 4.68. The fourth-order valence-corrected chi connectivity index (χ4v) is 1.34. The van der Waals surface area contributed by atoms with E-state index in [1.165, 1.54) is 0 Å². The highest BCUT2D eigenvalue weighted by molar-refractivity contribution is 7.80. The van der Waals surface area contributed by atoms with Crippen molar-refractivity contribution >= 4 is 28.7 Å². The topological polar surface area (TPSA) is 41.6 Å². The van der Waals surface area contributed by atoms with Crippen molar-refractivity contribution in [2.24, 2.45) is 10.8 Å². The maximum absolute atomic E-state index is 5.62. The van der Waals surface area contributed by atoms with Gasteiger partial charge >= 0.3 is 0 Å². The molecule has 0 unspecified atom stereocenters. The van der Waals surface area contributed by atoms with Crippen LogP contribution in [0.15, 0.2) is 29.4 Å². The van der Waals surface area contributed by atoms with Gasteiger partial charge in [0.15, 0.2) is 5.11 Å². The molecule has 1 rings (SSSR count). The number of hydrazone groups is 1. The van der Waals surface area contributed by atoms with Crippen LogP contribution in [0.25, 0.3) is 0 Å². The number of nitrogens with two attached hydrogens (primary N) is 1. The Morgan fingerprint density at radius 3 is 2.53 bits per heavy atom. The molecule has 0 aliphatic carbocycles. The van der Waals surface area contributed by atoms with Crippen molar-refractivity contribution in [1.29, 1.82) is 0 Å². The number of thiocarbonyl (C=S) groups is 1. The predicted molar refractivity (Wildman–Crippen MR) is 69.2 cm³/mol. The van der Waals surface area contributed by atoms with Gasteiger partial charge in [0.05, 0.1) is 5.69 Å². The van der Waals surface area contributed by atoms with Crippen LogP contribution in [0.4, 0.5) is 5.69 Å². The normalized spacial score (nSPS) is 9.53. The van der Waals surface area contributed by atoms with E-state index in [4.69, 9.17) is 18.0 Å². The van der Waals surface area contributed by atoms with Gasteiger partial charge < -0.3 is 5.73 Å². The molecule has 0 amide bonds. The van der Waals surface area contributed by atoms with Crippen molar-refractivity contribution in [1.82, 2.24) is 0 Å². The van der Waals surface area contributed by atoms with Crippen LogP contribution < -0.4 is 10.7 Å². The molecule has 0 radical (unpaired) electrons. The van der Waals surface area contributed by atoms with Gasteiger partial charge in [0.1, 0.15) is 0 Å². The Morgan fingerprint density at radius 2 is 2.07 bits per heavy atom. The molecule has 4 heteroatoms. The number of anilines is 1. The summed E-state index contributed by atoms with van der Waals surface area (Å²) in [6.45, 7) is 5.83. The van der Waals surface area contributed by atoms with E-state index in [1.54, 1.807) is 5.01 Å². The Balaban J connectivity index is 3.10. The zero-order valence-corrected chi connectivity index (χ0v) is 10.0. The Bertz CT molecular complexity index is 395. The third-order valence-corrected chi connectivity index (χ3v) is 1.93. The first kappa shape index (κ1) is 11.7.